The molecule has 0 bridgehead atoms. The second-order valence-electron chi connectivity index (χ2n) is 10.2. The van der Waals surface area contributed by atoms with Gasteiger partial charge in [-0.25, -0.2) is 0 Å². The van der Waals surface area contributed by atoms with Crippen LogP contribution in [0.3, 0.4) is 0 Å². The fourth-order valence-electron chi connectivity index (χ4n) is 4.92. The average Bonchev–Trinajstić information content (AvgIpc) is 2.96. The summed E-state index contributed by atoms with van der Waals surface area (Å²) in [5.41, 5.74) is -1.33. The van der Waals surface area contributed by atoms with E-state index >= 15 is 0 Å². The zero-order valence-electron chi connectivity index (χ0n) is 22.3. The van der Waals surface area contributed by atoms with E-state index in [0.29, 0.717) is 0 Å². The van der Waals surface area contributed by atoms with Crippen molar-refractivity contribution in [3.63, 3.8) is 0 Å². The first-order chi connectivity index (χ1) is 20.3. The molecule has 43 heavy (non-hydrogen) atoms. The average molecular weight is 611 g/mol. The number of hydrogen-bond donors (Lipinski definition) is 10. The first-order valence-corrected chi connectivity index (χ1v) is 13.0. The Balaban J connectivity index is 1.60. The number of benzene rings is 2. The second-order valence-corrected chi connectivity index (χ2v) is 10.2. The molecule has 16 nitrogen and oxygen atoms in total. The van der Waals surface area contributed by atoms with Gasteiger partial charge in [0.05, 0.1) is 12.7 Å². The largest absolute Gasteiger partial charge is 0.508 e. The molecular formula is C27H30O16. The summed E-state index contributed by atoms with van der Waals surface area (Å²) in [5, 5.41) is 101. The van der Waals surface area contributed by atoms with Crippen molar-refractivity contribution in [1.29, 1.82) is 0 Å². The van der Waals surface area contributed by atoms with Crippen LogP contribution in [0.25, 0.3) is 22.3 Å². The molecule has 2 aliphatic heterocycles. The van der Waals surface area contributed by atoms with Crippen molar-refractivity contribution >= 4 is 11.0 Å². The van der Waals surface area contributed by atoms with Crippen molar-refractivity contribution in [1.82, 2.24) is 0 Å². The summed E-state index contributed by atoms with van der Waals surface area (Å²) < 4.78 is 28.3. The Morgan fingerprint density at radius 2 is 1.51 bits per heavy atom. The third kappa shape index (κ3) is 5.55. The minimum atomic E-state index is -1.91. The van der Waals surface area contributed by atoms with Crippen LogP contribution < -0.4 is 10.2 Å². The number of phenolic OH excluding ortho intramolecular Hbond substituents is 4. The molecule has 5 rings (SSSR count). The molecule has 0 spiro atoms. The second kappa shape index (κ2) is 11.8. The fraction of sp³-hybridized carbons (Fsp3) is 0.444. The van der Waals surface area contributed by atoms with Crippen molar-refractivity contribution in [2.75, 3.05) is 6.61 Å². The quantitative estimate of drug-likeness (QED) is 0.140. The molecule has 0 radical (unpaired) electrons. The zero-order chi connectivity index (χ0) is 31.3. The zero-order valence-corrected chi connectivity index (χ0v) is 22.3. The Bertz CT molecular complexity index is 1540. The van der Waals surface area contributed by atoms with E-state index in [2.05, 4.69) is 0 Å². The van der Waals surface area contributed by atoms with Gasteiger partial charge >= 0.3 is 0 Å². The predicted octanol–water partition coefficient (Wildman–Crippen LogP) is -1.69. The molecule has 1 aromatic heterocycles. The molecule has 0 amide bonds. The summed E-state index contributed by atoms with van der Waals surface area (Å²) in [6, 6.07) is 5.27. The number of aromatic hydroxyl groups is 4. The van der Waals surface area contributed by atoms with Crippen molar-refractivity contribution in [2.45, 2.75) is 68.3 Å². The highest BCUT2D eigenvalue weighted by Gasteiger charge is 2.51. The minimum absolute atomic E-state index is 0.0250. The molecule has 0 aliphatic carbocycles. The number of phenols is 4. The molecular weight excluding hydrogens is 580 g/mol. The van der Waals surface area contributed by atoms with Crippen LogP contribution in [0.1, 0.15) is 6.92 Å². The lowest BCUT2D eigenvalue weighted by molar-refractivity contribution is -0.355. The molecule has 234 valence electrons. The van der Waals surface area contributed by atoms with E-state index in [-0.39, 0.29) is 16.9 Å². The molecule has 2 aliphatic rings. The van der Waals surface area contributed by atoms with Gasteiger partial charge in [0.25, 0.3) is 0 Å². The van der Waals surface area contributed by atoms with E-state index in [9.17, 15) is 55.9 Å². The summed E-state index contributed by atoms with van der Waals surface area (Å²) in [5.74, 6) is -3.29. The summed E-state index contributed by atoms with van der Waals surface area (Å²) in [4.78, 5) is 13.7. The van der Waals surface area contributed by atoms with Crippen LogP contribution in [-0.2, 0) is 14.2 Å². The first kappa shape index (κ1) is 30.7. The van der Waals surface area contributed by atoms with Crippen LogP contribution >= 0.6 is 0 Å². The summed E-state index contributed by atoms with van der Waals surface area (Å²) >= 11 is 0. The number of rotatable bonds is 6. The highest BCUT2D eigenvalue weighted by atomic mass is 16.8. The van der Waals surface area contributed by atoms with Crippen LogP contribution in [0.4, 0.5) is 0 Å². The van der Waals surface area contributed by atoms with Crippen molar-refractivity contribution in [3.8, 4) is 40.1 Å². The maximum Gasteiger partial charge on any atom is 0.239 e. The van der Waals surface area contributed by atoms with Gasteiger partial charge < -0.3 is 74.4 Å². The van der Waals surface area contributed by atoms with Gasteiger partial charge in [-0.3, -0.25) is 4.79 Å². The lowest BCUT2D eigenvalue weighted by Crippen LogP contribution is -2.64. The Kier molecular flexibility index (Phi) is 8.41. The predicted molar refractivity (Wildman–Crippen MR) is 140 cm³/mol. The Labute approximate surface area is 241 Å². The number of hydrogen-bond acceptors (Lipinski definition) is 16. The number of aliphatic hydroxyl groups is 6. The lowest BCUT2D eigenvalue weighted by atomic mass is 9.97. The smallest absolute Gasteiger partial charge is 0.239 e. The van der Waals surface area contributed by atoms with E-state index in [1.54, 1.807) is 0 Å². The Hall–Kier alpha value is -3.71. The molecule has 16 heteroatoms. The summed E-state index contributed by atoms with van der Waals surface area (Å²) in [6.07, 6.45) is -16.8. The standard InChI is InChI=1S/C27H30O16/c1-8-17(33)21(37)25(43-26-22(38)20(36)18(34)15(7-28)41-26)27(39-8)42-24-19(35)16-13(32)5-10(29)6-14(16)40-23(24)9-2-3-11(30)12(31)4-9/h2-6,8,15,17-18,20-22,25-34,36-38H,7H2,1H3. The molecule has 2 fully saturated rings. The van der Waals surface area contributed by atoms with Crippen molar-refractivity contribution in [2.24, 2.45) is 0 Å². The summed E-state index contributed by atoms with van der Waals surface area (Å²) in [6.45, 7) is 0.582. The van der Waals surface area contributed by atoms with Gasteiger partial charge in [0.15, 0.2) is 29.7 Å². The third-order valence-corrected chi connectivity index (χ3v) is 7.31. The third-order valence-electron chi connectivity index (χ3n) is 7.31. The van der Waals surface area contributed by atoms with Gasteiger partial charge in [-0.05, 0) is 25.1 Å². The minimum Gasteiger partial charge on any atom is -0.508 e. The van der Waals surface area contributed by atoms with E-state index in [1.165, 1.54) is 13.0 Å². The van der Waals surface area contributed by atoms with Crippen molar-refractivity contribution in [3.05, 3.63) is 40.6 Å². The SMILES string of the molecule is CC1OC(Oc2c(-c3ccc(O)c(O)c3)oc3cc(O)cc(O)c3c2=O)C(OC2OC(CO)C(O)C(O)C2O)C(O)C1O. The molecule has 2 saturated heterocycles. The highest BCUT2D eigenvalue weighted by Crippen LogP contribution is 2.40. The maximum atomic E-state index is 13.7. The number of aliphatic hydroxyl groups excluding tert-OH is 6. The monoisotopic (exact) mass is 610 g/mol. The molecule has 10 N–H and O–H groups in total. The topological polar surface area (TPSA) is 269 Å². The van der Waals surface area contributed by atoms with Crippen molar-refractivity contribution < 1.29 is 74.4 Å². The normalized spacial score (nSPS) is 33.0. The van der Waals surface area contributed by atoms with Gasteiger partial charge in [0, 0.05) is 17.7 Å². The van der Waals surface area contributed by atoms with E-state index in [4.69, 9.17) is 23.4 Å². The van der Waals surface area contributed by atoms with Crippen LogP contribution in [0, 0.1) is 0 Å². The molecule has 10 atom stereocenters. The Morgan fingerprint density at radius 1 is 0.791 bits per heavy atom. The van der Waals surface area contributed by atoms with Gasteiger partial charge in [-0.2, -0.15) is 0 Å². The van der Waals surface area contributed by atoms with Crippen LogP contribution in [0.2, 0.25) is 0 Å². The fourth-order valence-corrected chi connectivity index (χ4v) is 4.92. The van der Waals surface area contributed by atoms with E-state index in [0.717, 1.165) is 24.3 Å². The molecule has 2 aromatic carbocycles. The van der Waals surface area contributed by atoms with Gasteiger partial charge in [0.1, 0.15) is 59.1 Å². The Morgan fingerprint density at radius 3 is 2.19 bits per heavy atom. The molecule has 3 heterocycles. The maximum absolute atomic E-state index is 13.7. The molecule has 3 aromatic rings. The van der Waals surface area contributed by atoms with Gasteiger partial charge in [-0.1, -0.05) is 0 Å². The van der Waals surface area contributed by atoms with E-state index < -0.39 is 108 Å². The highest BCUT2D eigenvalue weighted by molar-refractivity contribution is 5.88. The van der Waals surface area contributed by atoms with Gasteiger partial charge in [0.2, 0.25) is 17.5 Å². The van der Waals surface area contributed by atoms with Crippen LogP contribution in [0.15, 0.2) is 39.5 Å². The van der Waals surface area contributed by atoms with Crippen LogP contribution in [-0.4, -0.2) is 119 Å². The summed E-state index contributed by atoms with van der Waals surface area (Å²) in [7, 11) is 0. The van der Waals surface area contributed by atoms with Crippen LogP contribution in [0.5, 0.6) is 28.7 Å². The van der Waals surface area contributed by atoms with Gasteiger partial charge in [-0.15, -0.1) is 0 Å². The molecule has 10 unspecified atom stereocenters. The number of fused-ring (bicyclic) bond motifs is 1. The molecule has 0 saturated carbocycles. The first-order valence-electron chi connectivity index (χ1n) is 13.0. The number of ether oxygens (including phenoxy) is 4. The lowest BCUT2D eigenvalue weighted by Gasteiger charge is -2.45. The van der Waals surface area contributed by atoms with E-state index in [1.807, 2.05) is 0 Å².